The van der Waals surface area contributed by atoms with Crippen LogP contribution in [0.3, 0.4) is 0 Å². The summed E-state index contributed by atoms with van der Waals surface area (Å²) in [7, 11) is 3.69. The Labute approximate surface area is 72.6 Å². The van der Waals surface area contributed by atoms with Crippen LogP contribution in [0.2, 0.25) is 0 Å². The Morgan fingerprint density at radius 1 is 1.58 bits per heavy atom. The van der Waals surface area contributed by atoms with E-state index < -0.39 is 0 Å². The highest BCUT2D eigenvalue weighted by Gasteiger charge is 2.29. The average Bonchev–Trinajstić information content (AvgIpc) is 1.96. The van der Waals surface area contributed by atoms with Crippen LogP contribution in [0, 0.1) is 0 Å². The van der Waals surface area contributed by atoms with Gasteiger partial charge in [0.2, 0.25) is 5.91 Å². The maximum atomic E-state index is 11.1. The van der Waals surface area contributed by atoms with Gasteiger partial charge in [-0.2, -0.15) is 0 Å². The molecule has 1 fully saturated rings. The molecule has 0 aromatic heterocycles. The number of hydrogen-bond acceptors (Lipinski definition) is 3. The van der Waals surface area contributed by atoms with Crippen molar-refractivity contribution < 1.29 is 9.90 Å². The molecule has 1 amide bonds. The second-order valence-electron chi connectivity index (χ2n) is 3.56. The smallest absolute Gasteiger partial charge is 0.234 e. The van der Waals surface area contributed by atoms with Crippen molar-refractivity contribution in [1.29, 1.82) is 0 Å². The van der Waals surface area contributed by atoms with Gasteiger partial charge in [-0.3, -0.25) is 4.79 Å². The van der Waals surface area contributed by atoms with Crippen molar-refractivity contribution in [1.82, 2.24) is 10.2 Å². The van der Waals surface area contributed by atoms with Crippen LogP contribution in [-0.2, 0) is 4.79 Å². The lowest BCUT2D eigenvalue weighted by molar-refractivity contribution is -0.124. The first kappa shape index (κ1) is 9.48. The maximum Gasteiger partial charge on any atom is 0.234 e. The number of likely N-dealkylation sites (N-methyl/N-ethyl adjacent to an activating group) is 1. The minimum atomic E-state index is -0.323. The van der Waals surface area contributed by atoms with Crippen LogP contribution in [0.5, 0.6) is 0 Å². The minimum Gasteiger partial charge on any atom is -0.391 e. The number of nitrogens with one attached hydrogen (secondary N) is 1. The Hall–Kier alpha value is -0.610. The van der Waals surface area contributed by atoms with Crippen molar-refractivity contribution >= 4 is 5.91 Å². The summed E-state index contributed by atoms with van der Waals surface area (Å²) in [6.07, 6.45) is 1.39. The van der Waals surface area contributed by atoms with E-state index in [1.807, 2.05) is 14.1 Å². The van der Waals surface area contributed by atoms with Gasteiger partial charge in [-0.1, -0.05) is 0 Å². The van der Waals surface area contributed by atoms with E-state index in [4.69, 9.17) is 5.11 Å². The molecule has 1 saturated carbocycles. The van der Waals surface area contributed by atoms with E-state index >= 15 is 0 Å². The van der Waals surface area contributed by atoms with Gasteiger partial charge < -0.3 is 15.3 Å². The number of aliphatic hydroxyl groups is 1. The van der Waals surface area contributed by atoms with E-state index in [1.54, 1.807) is 4.90 Å². The molecule has 0 bridgehead atoms. The topological polar surface area (TPSA) is 52.6 Å². The van der Waals surface area contributed by atoms with Crippen LogP contribution in [-0.4, -0.2) is 48.7 Å². The first-order valence-corrected chi connectivity index (χ1v) is 4.22. The van der Waals surface area contributed by atoms with Gasteiger partial charge >= 0.3 is 0 Å². The third kappa shape index (κ3) is 2.46. The third-order valence-electron chi connectivity index (χ3n) is 2.04. The largest absolute Gasteiger partial charge is 0.391 e. The fourth-order valence-corrected chi connectivity index (χ4v) is 1.19. The van der Waals surface area contributed by atoms with Crippen LogP contribution in [0.4, 0.5) is 0 Å². The number of nitrogens with zero attached hydrogens (tertiary/aromatic N) is 1. The van der Waals surface area contributed by atoms with Gasteiger partial charge in [0.15, 0.2) is 0 Å². The van der Waals surface area contributed by atoms with Gasteiger partial charge in [0.25, 0.3) is 0 Å². The quantitative estimate of drug-likeness (QED) is 0.585. The molecular formula is C8H16N2O2. The first-order chi connectivity index (χ1) is 5.59. The number of aliphatic hydroxyl groups excluding tert-OH is 1. The van der Waals surface area contributed by atoms with Crippen molar-refractivity contribution in [3.63, 3.8) is 0 Å². The molecule has 0 aromatic rings. The third-order valence-corrected chi connectivity index (χ3v) is 2.04. The highest BCUT2D eigenvalue weighted by Crippen LogP contribution is 2.18. The van der Waals surface area contributed by atoms with Gasteiger partial charge in [0.1, 0.15) is 0 Å². The van der Waals surface area contributed by atoms with E-state index in [0.717, 1.165) is 12.8 Å². The molecule has 1 rings (SSSR count). The molecular weight excluding hydrogens is 156 g/mol. The summed E-state index contributed by atoms with van der Waals surface area (Å²) in [6, 6.07) is -0.00236. The van der Waals surface area contributed by atoms with E-state index in [1.165, 1.54) is 0 Å². The minimum absolute atomic E-state index is 0.00236. The molecule has 4 nitrogen and oxygen atoms in total. The summed E-state index contributed by atoms with van der Waals surface area (Å²) in [5.41, 5.74) is 0. The zero-order chi connectivity index (χ0) is 9.14. The zero-order valence-electron chi connectivity index (χ0n) is 7.58. The summed E-state index contributed by atoms with van der Waals surface area (Å²) in [5.74, 6) is -0.0104. The maximum absolute atomic E-state index is 11.1. The number of rotatable bonds is 3. The van der Waals surface area contributed by atoms with Crippen molar-refractivity contribution in [2.24, 2.45) is 0 Å². The molecule has 2 atom stereocenters. The van der Waals surface area contributed by atoms with E-state index in [0.29, 0.717) is 6.54 Å². The van der Waals surface area contributed by atoms with Gasteiger partial charge in [0, 0.05) is 0 Å². The normalized spacial score (nSPS) is 28.3. The van der Waals surface area contributed by atoms with Gasteiger partial charge in [0.05, 0.1) is 18.7 Å². The number of carbonyl (C=O) groups is 1. The SMILES string of the molecule is CN(C)CC(=O)N[C@@H]1CC[C@H]1O. The highest BCUT2D eigenvalue weighted by molar-refractivity contribution is 5.78. The molecule has 4 heteroatoms. The Balaban J connectivity index is 2.17. The van der Waals surface area contributed by atoms with Crippen LogP contribution < -0.4 is 5.32 Å². The summed E-state index contributed by atoms with van der Waals surface area (Å²) in [6.45, 7) is 0.392. The monoisotopic (exact) mass is 172 g/mol. The van der Waals surface area contributed by atoms with E-state index in [9.17, 15) is 4.79 Å². The lowest BCUT2D eigenvalue weighted by atomic mass is 9.89. The Morgan fingerprint density at radius 2 is 2.25 bits per heavy atom. The van der Waals surface area contributed by atoms with Crippen molar-refractivity contribution in [3.8, 4) is 0 Å². The molecule has 0 aromatic carbocycles. The predicted molar refractivity (Wildman–Crippen MR) is 45.7 cm³/mol. The van der Waals surface area contributed by atoms with Gasteiger partial charge in [-0.25, -0.2) is 0 Å². The van der Waals surface area contributed by atoms with Crippen LogP contribution in [0.15, 0.2) is 0 Å². The average molecular weight is 172 g/mol. The molecule has 2 N–H and O–H groups in total. The molecule has 0 unspecified atom stereocenters. The number of carbonyl (C=O) groups excluding carboxylic acids is 1. The molecule has 1 aliphatic carbocycles. The second-order valence-corrected chi connectivity index (χ2v) is 3.56. The van der Waals surface area contributed by atoms with Crippen molar-refractivity contribution in [3.05, 3.63) is 0 Å². The molecule has 0 aliphatic heterocycles. The summed E-state index contributed by atoms with van der Waals surface area (Å²) >= 11 is 0. The highest BCUT2D eigenvalue weighted by atomic mass is 16.3. The fraction of sp³-hybridized carbons (Fsp3) is 0.875. The number of hydrogen-bond donors (Lipinski definition) is 2. The molecule has 0 heterocycles. The fourth-order valence-electron chi connectivity index (χ4n) is 1.19. The van der Waals surface area contributed by atoms with Crippen molar-refractivity contribution in [2.45, 2.75) is 25.0 Å². The first-order valence-electron chi connectivity index (χ1n) is 4.22. The lowest BCUT2D eigenvalue weighted by Gasteiger charge is -2.33. The van der Waals surface area contributed by atoms with Crippen LogP contribution in [0.1, 0.15) is 12.8 Å². The number of amides is 1. The van der Waals surface area contributed by atoms with Gasteiger partial charge in [-0.15, -0.1) is 0 Å². The molecule has 0 spiro atoms. The van der Waals surface area contributed by atoms with E-state index in [2.05, 4.69) is 5.32 Å². The Morgan fingerprint density at radius 3 is 2.58 bits per heavy atom. The van der Waals surface area contributed by atoms with Gasteiger partial charge in [-0.05, 0) is 26.9 Å². The van der Waals surface area contributed by atoms with Crippen LogP contribution in [0.25, 0.3) is 0 Å². The molecule has 12 heavy (non-hydrogen) atoms. The molecule has 70 valence electrons. The van der Waals surface area contributed by atoms with Crippen LogP contribution >= 0.6 is 0 Å². The Kier molecular flexibility index (Phi) is 3.05. The molecule has 0 saturated heterocycles. The Bertz CT molecular complexity index is 170. The standard InChI is InChI=1S/C8H16N2O2/c1-10(2)5-8(12)9-6-3-4-7(6)11/h6-7,11H,3-5H2,1-2H3,(H,9,12)/t6-,7-/m1/s1. The zero-order valence-corrected chi connectivity index (χ0v) is 7.58. The molecule has 0 radical (unpaired) electrons. The summed E-state index contributed by atoms with van der Waals surface area (Å²) in [5, 5.41) is 11.9. The van der Waals surface area contributed by atoms with Crippen molar-refractivity contribution in [2.75, 3.05) is 20.6 Å². The molecule has 1 aliphatic rings. The predicted octanol–water partition coefficient (Wildman–Crippen LogP) is -0.812. The lowest BCUT2D eigenvalue weighted by Crippen LogP contribution is -2.51. The summed E-state index contributed by atoms with van der Waals surface area (Å²) in [4.78, 5) is 12.9. The second kappa shape index (κ2) is 3.87. The summed E-state index contributed by atoms with van der Waals surface area (Å²) < 4.78 is 0. The van der Waals surface area contributed by atoms with E-state index in [-0.39, 0.29) is 18.1 Å².